The van der Waals surface area contributed by atoms with Crippen LogP contribution in [0.25, 0.3) is 0 Å². The van der Waals surface area contributed by atoms with Crippen LogP contribution in [0.5, 0.6) is 5.75 Å². The maximum atomic E-state index is 14.4. The molecule has 2 aromatic carbocycles. The first-order chi connectivity index (χ1) is 19.4. The molecule has 13 heteroatoms. The second-order valence-corrected chi connectivity index (χ2v) is 12.7. The van der Waals surface area contributed by atoms with E-state index in [0.717, 1.165) is 9.87 Å². The van der Waals surface area contributed by atoms with E-state index in [1.807, 2.05) is 0 Å². The quantitative estimate of drug-likeness (QED) is 0.310. The third-order valence-electron chi connectivity index (χ3n) is 7.10. The first-order valence-electron chi connectivity index (χ1n) is 12.9. The molecule has 2 aromatic rings. The summed E-state index contributed by atoms with van der Waals surface area (Å²) in [6, 6.07) is 8.08. The third kappa shape index (κ3) is 6.08. The maximum absolute atomic E-state index is 14.4. The highest BCUT2D eigenvalue weighted by Gasteiger charge is 2.56. The van der Waals surface area contributed by atoms with Gasteiger partial charge in [-0.25, -0.2) is 8.42 Å². The number of nitrogens with zero attached hydrogens (tertiary/aromatic N) is 3. The van der Waals surface area contributed by atoms with E-state index in [0.29, 0.717) is 5.02 Å². The molecule has 10 nitrogen and oxygen atoms in total. The lowest BCUT2D eigenvalue weighted by Crippen LogP contribution is -2.74. The van der Waals surface area contributed by atoms with Gasteiger partial charge < -0.3 is 19.3 Å². The van der Waals surface area contributed by atoms with Gasteiger partial charge in [-0.1, -0.05) is 48.0 Å². The van der Waals surface area contributed by atoms with Crippen LogP contribution in [0.2, 0.25) is 10.0 Å². The second kappa shape index (κ2) is 12.4. The van der Waals surface area contributed by atoms with Crippen LogP contribution in [0.3, 0.4) is 0 Å². The number of benzene rings is 2. The van der Waals surface area contributed by atoms with Crippen molar-refractivity contribution in [3.05, 3.63) is 70.7 Å². The smallest absolute Gasteiger partial charge is 0.325 e. The summed E-state index contributed by atoms with van der Waals surface area (Å²) < 4.78 is 40.4. The van der Waals surface area contributed by atoms with E-state index in [9.17, 15) is 22.8 Å². The zero-order chi connectivity index (χ0) is 30.1. The summed E-state index contributed by atoms with van der Waals surface area (Å²) in [6.07, 6.45) is -0.291. The van der Waals surface area contributed by atoms with E-state index in [2.05, 4.69) is 6.58 Å². The molecule has 0 aliphatic carbocycles. The van der Waals surface area contributed by atoms with Gasteiger partial charge in [0.15, 0.2) is 0 Å². The Balaban J connectivity index is 1.89. The minimum atomic E-state index is -4.56. The minimum Gasteiger partial charge on any atom is -0.495 e. The number of amides is 2. The van der Waals surface area contributed by atoms with Gasteiger partial charge in [-0.05, 0) is 49.7 Å². The Labute approximate surface area is 249 Å². The van der Waals surface area contributed by atoms with Gasteiger partial charge in [0, 0.05) is 22.5 Å². The van der Waals surface area contributed by atoms with Crippen molar-refractivity contribution in [2.45, 2.75) is 55.9 Å². The Bertz CT molecular complexity index is 1450. The molecule has 0 aromatic heterocycles. The summed E-state index contributed by atoms with van der Waals surface area (Å²) in [5.74, 6) is -1.79. The van der Waals surface area contributed by atoms with Crippen LogP contribution in [0, 0.1) is 0 Å². The number of hydrogen-bond donors (Lipinski definition) is 0. The third-order valence-corrected chi connectivity index (χ3v) is 9.52. The summed E-state index contributed by atoms with van der Waals surface area (Å²) in [5, 5.41) is 0.636. The van der Waals surface area contributed by atoms with Gasteiger partial charge >= 0.3 is 5.97 Å². The molecule has 0 saturated carbocycles. The number of piperazine rings is 1. The van der Waals surface area contributed by atoms with Gasteiger partial charge in [-0.2, -0.15) is 4.31 Å². The van der Waals surface area contributed by atoms with E-state index in [-0.39, 0.29) is 47.2 Å². The number of carbonyl (C=O) groups excluding carboxylic acids is 3. The second-order valence-electron chi connectivity index (χ2n) is 9.98. The Hall–Kier alpha value is -3.12. The van der Waals surface area contributed by atoms with Crippen LogP contribution in [0.15, 0.2) is 60.0 Å². The largest absolute Gasteiger partial charge is 0.495 e. The van der Waals surface area contributed by atoms with Crippen molar-refractivity contribution in [1.82, 2.24) is 14.1 Å². The van der Waals surface area contributed by atoms with Gasteiger partial charge in [0.1, 0.15) is 35.5 Å². The predicted molar refractivity (Wildman–Crippen MR) is 153 cm³/mol. The van der Waals surface area contributed by atoms with Crippen molar-refractivity contribution in [3.63, 3.8) is 0 Å². The minimum absolute atomic E-state index is 0.00127. The van der Waals surface area contributed by atoms with Crippen LogP contribution in [0.4, 0.5) is 0 Å². The number of methoxy groups -OCH3 is 1. The molecule has 2 heterocycles. The highest BCUT2D eigenvalue weighted by atomic mass is 35.5. The number of ether oxygens (including phenoxy) is 2. The van der Waals surface area contributed by atoms with Crippen molar-refractivity contribution in [2.24, 2.45) is 0 Å². The number of esters is 1. The predicted octanol–water partition coefficient (Wildman–Crippen LogP) is 3.51. The SMILES string of the molecule is C=CCOC(=O)C1CC(=O)N2C(Cc3ccc(Cl)cc3)C(=O)N(C(C)C)CC2N1S(=O)(=O)c1cc(Cl)ccc1OC. The molecule has 0 bridgehead atoms. The summed E-state index contributed by atoms with van der Waals surface area (Å²) in [7, 11) is -3.25. The molecule has 3 unspecified atom stereocenters. The highest BCUT2D eigenvalue weighted by Crippen LogP contribution is 2.38. The van der Waals surface area contributed by atoms with Gasteiger partial charge in [-0.3, -0.25) is 14.4 Å². The summed E-state index contributed by atoms with van der Waals surface area (Å²) in [4.78, 5) is 43.3. The van der Waals surface area contributed by atoms with Crippen molar-refractivity contribution < 1.29 is 32.3 Å². The summed E-state index contributed by atoms with van der Waals surface area (Å²) in [5.41, 5.74) is 0.725. The fourth-order valence-electron chi connectivity index (χ4n) is 5.20. The van der Waals surface area contributed by atoms with E-state index in [1.54, 1.807) is 38.1 Å². The summed E-state index contributed by atoms with van der Waals surface area (Å²) >= 11 is 12.2. The van der Waals surface area contributed by atoms with Crippen molar-refractivity contribution >= 4 is 51.0 Å². The molecule has 4 rings (SSSR count). The molecule has 0 spiro atoms. The van der Waals surface area contributed by atoms with Crippen molar-refractivity contribution in [1.29, 1.82) is 0 Å². The summed E-state index contributed by atoms with van der Waals surface area (Å²) in [6.45, 7) is 6.79. The first kappa shape index (κ1) is 30.8. The van der Waals surface area contributed by atoms with Crippen LogP contribution >= 0.6 is 23.2 Å². The number of carbonyl (C=O) groups is 3. The number of halogens is 2. The highest BCUT2D eigenvalue weighted by molar-refractivity contribution is 7.89. The van der Waals surface area contributed by atoms with E-state index in [1.165, 1.54) is 41.2 Å². The Morgan fingerprint density at radius 2 is 1.78 bits per heavy atom. The van der Waals surface area contributed by atoms with Crippen LogP contribution < -0.4 is 4.74 Å². The van der Waals surface area contributed by atoms with Crippen LogP contribution in [-0.2, 0) is 35.6 Å². The average Bonchev–Trinajstić information content (AvgIpc) is 2.93. The molecule has 0 N–H and O–H groups in total. The zero-order valence-corrected chi connectivity index (χ0v) is 25.2. The Morgan fingerprint density at radius 3 is 2.39 bits per heavy atom. The number of hydrogen-bond acceptors (Lipinski definition) is 7. The van der Waals surface area contributed by atoms with Crippen LogP contribution in [-0.4, -0.2) is 84.9 Å². The fraction of sp³-hybridized carbons (Fsp3) is 0.393. The first-order valence-corrected chi connectivity index (χ1v) is 15.1. The molecule has 2 aliphatic heterocycles. The lowest BCUT2D eigenvalue weighted by Gasteiger charge is -2.54. The van der Waals surface area contributed by atoms with Gasteiger partial charge in [-0.15, -0.1) is 0 Å². The Kier molecular flexibility index (Phi) is 9.32. The topological polar surface area (TPSA) is 114 Å². The molecule has 2 saturated heterocycles. The molecule has 0 radical (unpaired) electrons. The normalized spacial score (nSPS) is 21.6. The number of sulfonamides is 1. The molecular weight excluding hydrogens is 593 g/mol. The molecule has 2 aliphatic rings. The van der Waals surface area contributed by atoms with E-state index >= 15 is 0 Å². The van der Waals surface area contributed by atoms with Gasteiger partial charge in [0.25, 0.3) is 0 Å². The zero-order valence-electron chi connectivity index (χ0n) is 22.8. The Morgan fingerprint density at radius 1 is 1.12 bits per heavy atom. The lowest BCUT2D eigenvalue weighted by atomic mass is 9.95. The van der Waals surface area contributed by atoms with Gasteiger partial charge in [0.2, 0.25) is 21.8 Å². The molecule has 2 fully saturated rings. The molecule has 2 amide bonds. The van der Waals surface area contributed by atoms with Gasteiger partial charge in [0.05, 0.1) is 20.1 Å². The maximum Gasteiger partial charge on any atom is 0.325 e. The van der Waals surface area contributed by atoms with E-state index in [4.69, 9.17) is 32.7 Å². The molecule has 41 heavy (non-hydrogen) atoms. The monoisotopic (exact) mass is 623 g/mol. The number of fused-ring (bicyclic) bond motifs is 1. The average molecular weight is 625 g/mol. The van der Waals surface area contributed by atoms with E-state index < -0.39 is 46.6 Å². The fourth-order valence-corrected chi connectivity index (χ4v) is 7.45. The van der Waals surface area contributed by atoms with Crippen molar-refractivity contribution in [3.8, 4) is 5.75 Å². The molecular formula is C28H31Cl2N3O7S. The molecule has 220 valence electrons. The van der Waals surface area contributed by atoms with Crippen LogP contribution in [0.1, 0.15) is 25.8 Å². The molecule has 3 atom stereocenters. The standard InChI is InChI=1S/C28H31Cl2N3O7S/c1-5-12-40-28(36)22-15-26(34)32-21(13-18-6-8-19(29)9-7-18)27(35)31(17(2)3)16-25(32)33(22)41(37,38)24-14-20(30)10-11-23(24)39-4/h5-11,14,17,21-22,25H,1,12-13,15-16H2,2-4H3. The lowest BCUT2D eigenvalue weighted by molar-refractivity contribution is -0.175. The number of rotatable bonds is 9. The van der Waals surface area contributed by atoms with Crippen molar-refractivity contribution in [2.75, 3.05) is 20.3 Å².